The van der Waals surface area contributed by atoms with Crippen LogP contribution in [0.4, 0.5) is 5.69 Å². The van der Waals surface area contributed by atoms with E-state index in [1.165, 1.54) is 25.7 Å². The van der Waals surface area contributed by atoms with Gasteiger partial charge in [0.25, 0.3) is 0 Å². The normalized spacial score (nSPS) is 18.0. The number of nitrogens with zero attached hydrogens (tertiary/aromatic N) is 1. The molecule has 2 rings (SSSR count). The molecule has 1 aromatic heterocycles. The first-order valence-electron chi connectivity index (χ1n) is 6.08. The highest BCUT2D eigenvalue weighted by molar-refractivity contribution is 6.18. The number of methoxy groups -OCH3 is 1. The SMILES string of the molecule is COc1cc(NCC2(CCl)CCCC2)ccn1. The Balaban J connectivity index is 1.96. The average molecular weight is 255 g/mol. The highest BCUT2D eigenvalue weighted by Crippen LogP contribution is 2.39. The fraction of sp³-hybridized carbons (Fsp3) is 0.615. The lowest BCUT2D eigenvalue weighted by Crippen LogP contribution is -2.28. The van der Waals surface area contributed by atoms with Gasteiger partial charge in [0.05, 0.1) is 7.11 Å². The first kappa shape index (κ1) is 12.5. The summed E-state index contributed by atoms with van der Waals surface area (Å²) in [6.45, 7) is 0.934. The molecule has 3 nitrogen and oxygen atoms in total. The van der Waals surface area contributed by atoms with Crippen LogP contribution in [-0.4, -0.2) is 24.5 Å². The predicted octanol–water partition coefficient (Wildman–Crippen LogP) is 3.30. The Labute approximate surface area is 108 Å². The van der Waals surface area contributed by atoms with Crippen LogP contribution in [0.3, 0.4) is 0 Å². The smallest absolute Gasteiger partial charge is 0.214 e. The van der Waals surface area contributed by atoms with Crippen molar-refractivity contribution in [2.75, 3.05) is 24.9 Å². The summed E-state index contributed by atoms with van der Waals surface area (Å²) in [6, 6.07) is 3.87. The molecule has 0 spiro atoms. The van der Waals surface area contributed by atoms with Crippen LogP contribution in [0.5, 0.6) is 5.88 Å². The summed E-state index contributed by atoms with van der Waals surface area (Å²) >= 11 is 6.11. The number of aromatic nitrogens is 1. The third-order valence-electron chi connectivity index (χ3n) is 3.56. The van der Waals surface area contributed by atoms with E-state index in [4.69, 9.17) is 16.3 Å². The van der Waals surface area contributed by atoms with Crippen molar-refractivity contribution in [2.24, 2.45) is 5.41 Å². The molecule has 0 saturated heterocycles. The van der Waals surface area contributed by atoms with Gasteiger partial charge in [0, 0.05) is 35.8 Å². The highest BCUT2D eigenvalue weighted by Gasteiger charge is 2.32. The topological polar surface area (TPSA) is 34.1 Å². The molecule has 0 aromatic carbocycles. The van der Waals surface area contributed by atoms with Crippen molar-refractivity contribution >= 4 is 17.3 Å². The minimum absolute atomic E-state index is 0.276. The molecule has 1 saturated carbocycles. The molecule has 1 aliphatic rings. The Morgan fingerprint density at radius 3 is 2.88 bits per heavy atom. The van der Waals surface area contributed by atoms with Gasteiger partial charge in [-0.3, -0.25) is 0 Å². The Morgan fingerprint density at radius 1 is 1.47 bits per heavy atom. The second-order valence-electron chi connectivity index (χ2n) is 4.78. The first-order chi connectivity index (χ1) is 8.28. The van der Waals surface area contributed by atoms with E-state index in [1.807, 2.05) is 12.1 Å². The largest absolute Gasteiger partial charge is 0.481 e. The number of hydrogen-bond acceptors (Lipinski definition) is 3. The van der Waals surface area contributed by atoms with Crippen LogP contribution in [-0.2, 0) is 0 Å². The Hall–Kier alpha value is -0.960. The third-order valence-corrected chi connectivity index (χ3v) is 4.13. The molecule has 1 aliphatic carbocycles. The van der Waals surface area contributed by atoms with Crippen molar-refractivity contribution in [1.29, 1.82) is 0 Å². The average Bonchev–Trinajstić information content (AvgIpc) is 2.86. The number of alkyl halides is 1. The van der Waals surface area contributed by atoms with Crippen LogP contribution >= 0.6 is 11.6 Å². The van der Waals surface area contributed by atoms with E-state index in [1.54, 1.807) is 13.3 Å². The standard InChI is InChI=1S/C13H19ClN2O/c1-17-12-8-11(4-7-15-12)16-10-13(9-14)5-2-3-6-13/h4,7-8H,2-3,5-6,9-10H2,1H3,(H,15,16). The summed E-state index contributed by atoms with van der Waals surface area (Å²) in [5, 5.41) is 3.45. The maximum absolute atomic E-state index is 6.11. The number of rotatable bonds is 5. The van der Waals surface area contributed by atoms with Crippen molar-refractivity contribution < 1.29 is 4.74 Å². The summed E-state index contributed by atoms with van der Waals surface area (Å²) in [5.41, 5.74) is 1.33. The van der Waals surface area contributed by atoms with E-state index >= 15 is 0 Å². The van der Waals surface area contributed by atoms with Gasteiger partial charge in [-0.25, -0.2) is 4.98 Å². The highest BCUT2D eigenvalue weighted by atomic mass is 35.5. The quantitative estimate of drug-likeness (QED) is 0.819. The molecular weight excluding hydrogens is 236 g/mol. The summed E-state index contributed by atoms with van der Waals surface area (Å²) in [7, 11) is 1.63. The molecule has 17 heavy (non-hydrogen) atoms. The zero-order valence-corrected chi connectivity index (χ0v) is 11.0. The predicted molar refractivity (Wildman–Crippen MR) is 70.9 cm³/mol. The monoisotopic (exact) mass is 254 g/mol. The summed E-state index contributed by atoms with van der Waals surface area (Å²) in [6.07, 6.45) is 6.81. The van der Waals surface area contributed by atoms with Crippen molar-refractivity contribution in [2.45, 2.75) is 25.7 Å². The number of hydrogen-bond donors (Lipinski definition) is 1. The second kappa shape index (κ2) is 5.58. The lowest BCUT2D eigenvalue weighted by Gasteiger charge is -2.27. The molecule has 0 aliphatic heterocycles. The van der Waals surface area contributed by atoms with Crippen molar-refractivity contribution in [3.63, 3.8) is 0 Å². The van der Waals surface area contributed by atoms with Crippen molar-refractivity contribution in [3.8, 4) is 5.88 Å². The number of halogens is 1. The van der Waals surface area contributed by atoms with Crippen LogP contribution < -0.4 is 10.1 Å². The van der Waals surface area contributed by atoms with E-state index in [-0.39, 0.29) is 5.41 Å². The zero-order valence-electron chi connectivity index (χ0n) is 10.2. The van der Waals surface area contributed by atoms with Crippen LogP contribution in [0, 0.1) is 5.41 Å². The number of anilines is 1. The maximum Gasteiger partial charge on any atom is 0.214 e. The molecule has 0 radical (unpaired) electrons. The van der Waals surface area contributed by atoms with Crippen LogP contribution in [0.2, 0.25) is 0 Å². The summed E-state index contributed by atoms with van der Waals surface area (Å²) in [5.74, 6) is 1.38. The van der Waals surface area contributed by atoms with E-state index in [9.17, 15) is 0 Å². The molecule has 0 atom stereocenters. The first-order valence-corrected chi connectivity index (χ1v) is 6.61. The van der Waals surface area contributed by atoms with Crippen LogP contribution in [0.25, 0.3) is 0 Å². The van der Waals surface area contributed by atoms with Crippen molar-refractivity contribution in [3.05, 3.63) is 18.3 Å². The fourth-order valence-corrected chi connectivity index (χ4v) is 2.76. The van der Waals surface area contributed by atoms with Gasteiger partial charge >= 0.3 is 0 Å². The lowest BCUT2D eigenvalue weighted by atomic mass is 9.88. The van der Waals surface area contributed by atoms with Crippen molar-refractivity contribution in [1.82, 2.24) is 4.98 Å². The van der Waals surface area contributed by atoms with Gasteiger partial charge in [0.1, 0.15) is 0 Å². The molecular formula is C13H19ClN2O. The maximum atomic E-state index is 6.11. The number of nitrogens with one attached hydrogen (secondary N) is 1. The number of ether oxygens (including phenoxy) is 1. The molecule has 1 aromatic rings. The molecule has 4 heteroatoms. The Bertz CT molecular complexity index is 364. The number of pyridine rings is 1. The zero-order chi connectivity index (χ0) is 12.1. The minimum atomic E-state index is 0.276. The fourth-order valence-electron chi connectivity index (χ4n) is 2.40. The van der Waals surface area contributed by atoms with Gasteiger partial charge in [-0.1, -0.05) is 12.8 Å². The van der Waals surface area contributed by atoms with Crippen LogP contribution in [0.15, 0.2) is 18.3 Å². The van der Waals surface area contributed by atoms with E-state index in [0.29, 0.717) is 5.88 Å². The van der Waals surface area contributed by atoms with Gasteiger partial charge in [0.15, 0.2) is 0 Å². The molecule has 1 heterocycles. The van der Waals surface area contributed by atoms with E-state index in [2.05, 4.69) is 10.3 Å². The third kappa shape index (κ3) is 3.03. The Kier molecular flexibility index (Phi) is 4.11. The summed E-state index contributed by atoms with van der Waals surface area (Å²) in [4.78, 5) is 4.09. The molecule has 94 valence electrons. The Morgan fingerprint density at radius 2 is 2.24 bits per heavy atom. The molecule has 1 fully saturated rings. The van der Waals surface area contributed by atoms with Gasteiger partial charge in [0.2, 0.25) is 5.88 Å². The van der Waals surface area contributed by atoms with Gasteiger partial charge in [-0.15, -0.1) is 11.6 Å². The van der Waals surface area contributed by atoms with E-state index < -0.39 is 0 Å². The summed E-state index contributed by atoms with van der Waals surface area (Å²) < 4.78 is 5.10. The molecule has 0 amide bonds. The van der Waals surface area contributed by atoms with E-state index in [0.717, 1.165) is 18.1 Å². The lowest BCUT2D eigenvalue weighted by molar-refractivity contribution is 0.368. The molecule has 1 N–H and O–H groups in total. The molecule has 0 bridgehead atoms. The molecule has 0 unspecified atom stereocenters. The van der Waals surface area contributed by atoms with Gasteiger partial charge < -0.3 is 10.1 Å². The van der Waals surface area contributed by atoms with Crippen LogP contribution in [0.1, 0.15) is 25.7 Å². The van der Waals surface area contributed by atoms with Gasteiger partial charge in [-0.2, -0.15) is 0 Å². The minimum Gasteiger partial charge on any atom is -0.481 e. The second-order valence-corrected chi connectivity index (χ2v) is 5.05. The van der Waals surface area contributed by atoms with Gasteiger partial charge in [-0.05, 0) is 18.9 Å².